The molecule has 0 aliphatic carbocycles. The number of aliphatic hydroxyl groups excluding tert-OH is 1. The molecule has 4 aromatic carbocycles. The predicted octanol–water partition coefficient (Wildman–Crippen LogP) is 8.17. The molecule has 4 atom stereocenters. The third-order valence-electron chi connectivity index (χ3n) is 14.9. The summed E-state index contributed by atoms with van der Waals surface area (Å²) in [6, 6.07) is 22.4. The van der Waals surface area contributed by atoms with Gasteiger partial charge in [-0.25, -0.2) is 31.3 Å². The highest BCUT2D eigenvalue weighted by Gasteiger charge is 2.46. The van der Waals surface area contributed by atoms with Crippen molar-refractivity contribution in [1.82, 2.24) is 29.0 Å². The van der Waals surface area contributed by atoms with Gasteiger partial charge in [0.25, 0.3) is 11.8 Å². The number of hydrogen-bond donors (Lipinski definition) is 3. The fourth-order valence-corrected chi connectivity index (χ4v) is 11.9. The van der Waals surface area contributed by atoms with E-state index >= 15 is 0 Å². The Hall–Kier alpha value is -5.89. The molecule has 3 aliphatic rings. The minimum Gasteiger partial charge on any atom is -0.487 e. The third kappa shape index (κ3) is 14.0. The van der Waals surface area contributed by atoms with Crippen LogP contribution in [0.1, 0.15) is 124 Å². The molecule has 0 unspecified atom stereocenters. The Labute approximate surface area is 452 Å². The first-order valence-corrected chi connectivity index (χ1v) is 29.3. The van der Waals surface area contributed by atoms with E-state index in [4.69, 9.17) is 9.47 Å². The van der Waals surface area contributed by atoms with Gasteiger partial charge in [-0.05, 0) is 138 Å². The number of aliphatic imine (C=N–C) groups is 1. The van der Waals surface area contributed by atoms with Gasteiger partial charge in [-0.1, -0.05) is 71.5 Å². The summed E-state index contributed by atoms with van der Waals surface area (Å²) in [6.07, 6.45) is 5.62. The summed E-state index contributed by atoms with van der Waals surface area (Å²) in [6.45, 7) is 28.7. The fourth-order valence-electron chi connectivity index (χ4n) is 9.43. The van der Waals surface area contributed by atoms with Gasteiger partial charge < -0.3 is 34.2 Å². The van der Waals surface area contributed by atoms with E-state index in [9.17, 15) is 31.5 Å². The number of carbonyl (C=O) groups is 2. The summed E-state index contributed by atoms with van der Waals surface area (Å²) in [4.78, 5) is 39.3. The average Bonchev–Trinajstić information content (AvgIpc) is 3.41. The number of aliphatic hydroxyl groups is 1. The SMILES string of the molecule is C=C/C=C\N=C(C)N1CCN(C(=O)c2ccc3c(c2)[C@@H](NS(=O)(=O)c2ccc(CC)cc2)[C@H](C)C(C)(C)O3)CC1.CCc1ccc(S(=O)(=O)N[C@@H]2c3cc(C(=O)N(C)CCN(CC)CC)ccc3OC(C)(C)[C@H]2O)cc1. The number of carbonyl (C=O) groups excluding carboxylic acids is 2. The molecule has 18 heteroatoms. The molecule has 1 saturated heterocycles. The van der Waals surface area contributed by atoms with E-state index in [1.807, 2.05) is 58.6 Å². The highest BCUT2D eigenvalue weighted by Crippen LogP contribution is 2.45. The number of allylic oxidation sites excluding steroid dienone is 2. The van der Waals surface area contributed by atoms with Crippen molar-refractivity contribution >= 4 is 37.7 Å². The number of likely N-dealkylation sites (N-methyl/N-ethyl adjacent to an activating group) is 2. The summed E-state index contributed by atoms with van der Waals surface area (Å²) < 4.78 is 71.3. The van der Waals surface area contributed by atoms with E-state index in [1.54, 1.807) is 117 Å². The number of sulfonamides is 2. The quantitative estimate of drug-likeness (QED) is 0.0526. The topological polar surface area (TPSA) is 190 Å². The van der Waals surface area contributed by atoms with Crippen molar-refractivity contribution in [3.8, 4) is 11.5 Å². The molecule has 7 rings (SSSR count). The zero-order valence-corrected chi connectivity index (χ0v) is 47.8. The fraction of sp³-hybridized carbons (Fsp3) is 0.466. The van der Waals surface area contributed by atoms with E-state index in [0.717, 1.165) is 49.4 Å². The number of fused-ring (bicyclic) bond motifs is 2. The second-order valence-electron chi connectivity index (χ2n) is 20.6. The van der Waals surface area contributed by atoms with E-state index in [1.165, 1.54) is 0 Å². The molecule has 3 N–H and O–H groups in total. The lowest BCUT2D eigenvalue weighted by Crippen LogP contribution is -2.53. The molecule has 3 aliphatic heterocycles. The van der Waals surface area contributed by atoms with Crippen LogP contribution in [0, 0.1) is 5.92 Å². The zero-order chi connectivity index (χ0) is 55.8. The number of hydrogen-bond acceptors (Lipinski definition) is 11. The number of nitrogens with one attached hydrogen (secondary N) is 2. The van der Waals surface area contributed by atoms with Crippen LogP contribution < -0.4 is 18.9 Å². The second kappa shape index (κ2) is 25.1. The lowest BCUT2D eigenvalue weighted by molar-refractivity contribution is -0.0603. The summed E-state index contributed by atoms with van der Waals surface area (Å²) in [7, 11) is -6.02. The van der Waals surface area contributed by atoms with Gasteiger partial charge in [0.2, 0.25) is 20.0 Å². The first kappa shape index (κ1) is 59.4. The van der Waals surface area contributed by atoms with Crippen LogP contribution >= 0.6 is 0 Å². The number of amides is 2. The number of nitrogens with zero attached hydrogens (tertiary/aromatic N) is 5. The lowest BCUT2D eigenvalue weighted by atomic mass is 9.80. The monoisotopic (exact) mass is 1080 g/mol. The average molecular weight is 1080 g/mol. The minimum atomic E-state index is -3.95. The van der Waals surface area contributed by atoms with Crippen LogP contribution in [0.3, 0.4) is 0 Å². The number of aryl methyl sites for hydroxylation is 2. The van der Waals surface area contributed by atoms with Crippen molar-refractivity contribution in [2.24, 2.45) is 10.9 Å². The number of amidine groups is 1. The maximum absolute atomic E-state index is 13.5. The molecular formula is C58H79N7O9S2. The molecule has 0 saturated carbocycles. The van der Waals surface area contributed by atoms with Crippen LogP contribution in [0.5, 0.6) is 11.5 Å². The van der Waals surface area contributed by atoms with Gasteiger partial charge in [0.15, 0.2) is 0 Å². The van der Waals surface area contributed by atoms with Crippen LogP contribution in [0.4, 0.5) is 0 Å². The molecule has 0 bridgehead atoms. The molecule has 0 aromatic heterocycles. The van der Waals surface area contributed by atoms with Crippen LogP contribution in [0.2, 0.25) is 0 Å². The van der Waals surface area contributed by atoms with Crippen molar-refractivity contribution in [2.75, 3.05) is 59.4 Å². The van der Waals surface area contributed by atoms with Crippen molar-refractivity contribution in [2.45, 2.75) is 121 Å². The molecule has 1 fully saturated rings. The van der Waals surface area contributed by atoms with Crippen LogP contribution in [-0.4, -0.2) is 136 Å². The van der Waals surface area contributed by atoms with E-state index < -0.39 is 49.4 Å². The Morgan fingerprint density at radius 3 is 1.71 bits per heavy atom. The summed E-state index contributed by atoms with van der Waals surface area (Å²) >= 11 is 0. The molecule has 4 aromatic rings. The Balaban J connectivity index is 0.000000248. The largest absolute Gasteiger partial charge is 0.487 e. The van der Waals surface area contributed by atoms with Gasteiger partial charge in [0.1, 0.15) is 34.6 Å². The van der Waals surface area contributed by atoms with Crippen LogP contribution in [-0.2, 0) is 32.9 Å². The van der Waals surface area contributed by atoms with Gasteiger partial charge in [0.05, 0.1) is 21.9 Å². The molecule has 16 nitrogen and oxygen atoms in total. The number of benzene rings is 4. The van der Waals surface area contributed by atoms with E-state index in [2.05, 4.69) is 44.7 Å². The molecule has 76 heavy (non-hydrogen) atoms. The van der Waals surface area contributed by atoms with Gasteiger partial charge in [-0.15, -0.1) is 0 Å². The molecule has 0 radical (unpaired) electrons. The van der Waals surface area contributed by atoms with Crippen molar-refractivity contribution in [3.63, 3.8) is 0 Å². The van der Waals surface area contributed by atoms with Gasteiger partial charge in [-0.2, -0.15) is 0 Å². The predicted molar refractivity (Wildman–Crippen MR) is 300 cm³/mol. The van der Waals surface area contributed by atoms with Crippen molar-refractivity contribution in [1.29, 1.82) is 0 Å². The van der Waals surface area contributed by atoms with Gasteiger partial charge in [-0.3, -0.25) is 9.59 Å². The maximum Gasteiger partial charge on any atom is 0.253 e. The first-order valence-electron chi connectivity index (χ1n) is 26.3. The normalized spacial score (nSPS) is 20.1. The van der Waals surface area contributed by atoms with Crippen molar-refractivity contribution in [3.05, 3.63) is 143 Å². The third-order valence-corrected chi connectivity index (χ3v) is 17.8. The van der Waals surface area contributed by atoms with E-state index in [-0.39, 0.29) is 27.5 Å². The van der Waals surface area contributed by atoms with E-state index in [0.29, 0.717) is 66.5 Å². The molecular weight excluding hydrogens is 1000 g/mol. The molecule has 2 amide bonds. The summed E-state index contributed by atoms with van der Waals surface area (Å²) in [5.41, 5.74) is 2.45. The lowest BCUT2D eigenvalue weighted by Gasteiger charge is -2.43. The van der Waals surface area contributed by atoms with Crippen LogP contribution in [0.25, 0.3) is 0 Å². The molecule has 3 heterocycles. The number of piperazine rings is 1. The first-order chi connectivity index (χ1) is 35.9. The zero-order valence-electron chi connectivity index (χ0n) is 46.2. The smallest absolute Gasteiger partial charge is 0.253 e. The number of ether oxygens (including phenoxy) is 2. The standard InChI is InChI=1S/C31H40N4O4S.C27H39N3O5S/c1-7-9-16-32-23(4)34-17-19-35(20-18-34)30(36)25-12-15-28-27(21-25)29(22(3)31(5,6)39-28)33-40(37,38)26-13-10-24(8-2)11-14-26;1-7-19-10-13-21(14-11-19)36(33,34)28-24-22-18-20(12-15-23(22)35-27(4,5)25(24)31)26(32)29(6)16-17-30(8-2)9-3/h7,9-16,21-22,29,33H,1,8,17-20H2,2-6H3;10-15,18,24-25,28,31H,7-9,16-17H2,1-6H3/b16-9-,32-23?;/t22-,29-;24-,25+/m01/s1. The second-order valence-corrected chi connectivity index (χ2v) is 24.1. The Morgan fingerprint density at radius 2 is 1.20 bits per heavy atom. The molecule has 0 spiro atoms. The number of rotatable bonds is 17. The Morgan fingerprint density at radius 1 is 0.724 bits per heavy atom. The highest BCUT2D eigenvalue weighted by atomic mass is 32.2. The Kier molecular flexibility index (Phi) is 19.6. The maximum atomic E-state index is 13.5. The van der Waals surface area contributed by atoms with Crippen molar-refractivity contribution < 1.29 is 41.0 Å². The summed E-state index contributed by atoms with van der Waals surface area (Å²) in [5.74, 6) is 1.45. The molecule has 412 valence electrons. The highest BCUT2D eigenvalue weighted by molar-refractivity contribution is 7.89. The van der Waals surface area contributed by atoms with Crippen LogP contribution in [0.15, 0.2) is 125 Å². The van der Waals surface area contributed by atoms with Gasteiger partial charge in [0, 0.05) is 80.7 Å². The minimum absolute atomic E-state index is 0.0853. The summed E-state index contributed by atoms with van der Waals surface area (Å²) in [5, 5.41) is 11.1. The Bertz CT molecular complexity index is 2970. The van der Waals surface area contributed by atoms with Gasteiger partial charge >= 0.3 is 0 Å².